The summed E-state index contributed by atoms with van der Waals surface area (Å²) in [5.74, 6) is -0.644. The molecule has 1 aromatic heterocycles. The molecule has 2 amide bonds. The van der Waals surface area contributed by atoms with Crippen molar-refractivity contribution in [3.63, 3.8) is 0 Å². The van der Waals surface area contributed by atoms with Gasteiger partial charge >= 0.3 is 0 Å². The molecule has 4 rings (SSSR count). The van der Waals surface area contributed by atoms with E-state index in [2.05, 4.69) is 11.4 Å². The number of primary amides is 1. The summed E-state index contributed by atoms with van der Waals surface area (Å²) in [4.78, 5) is 23.9. The van der Waals surface area contributed by atoms with Gasteiger partial charge in [0.1, 0.15) is 6.54 Å². The lowest BCUT2D eigenvalue weighted by Gasteiger charge is -2.12. The number of amides is 2. The number of nitrogens with two attached hydrogens (primary N) is 1. The van der Waals surface area contributed by atoms with Crippen molar-refractivity contribution in [2.75, 3.05) is 5.32 Å². The zero-order valence-electron chi connectivity index (χ0n) is 15.1. The Morgan fingerprint density at radius 2 is 1.54 bits per heavy atom. The predicted molar refractivity (Wildman–Crippen MR) is 111 cm³/mol. The molecule has 1 heterocycles. The molecule has 28 heavy (non-hydrogen) atoms. The van der Waals surface area contributed by atoms with Crippen molar-refractivity contribution in [2.45, 2.75) is 6.54 Å². The minimum atomic E-state index is -0.496. The Morgan fingerprint density at radius 1 is 0.857 bits per heavy atom. The SMILES string of the molecule is NC(=O)c1ccc(NC(=O)Cn2c(-c3ccccc3)cc3ccccc32)cc1. The second-order valence-electron chi connectivity index (χ2n) is 6.53. The first-order chi connectivity index (χ1) is 13.6. The van der Waals surface area contributed by atoms with Crippen LogP contribution in [-0.4, -0.2) is 16.4 Å². The van der Waals surface area contributed by atoms with Crippen LogP contribution in [0.15, 0.2) is 84.9 Å². The standard InChI is InChI=1S/C23H19N3O2/c24-23(28)17-10-12-19(13-11-17)25-22(27)15-26-20-9-5-4-8-18(20)14-21(26)16-6-2-1-3-7-16/h1-14H,15H2,(H2,24,28)(H,25,27). The quantitative estimate of drug-likeness (QED) is 0.557. The lowest BCUT2D eigenvalue weighted by Crippen LogP contribution is -2.19. The van der Waals surface area contributed by atoms with E-state index in [1.54, 1.807) is 24.3 Å². The maximum Gasteiger partial charge on any atom is 0.248 e. The summed E-state index contributed by atoms with van der Waals surface area (Å²) in [5, 5.41) is 3.96. The fourth-order valence-corrected chi connectivity index (χ4v) is 3.29. The Kier molecular flexibility index (Phi) is 4.64. The first-order valence-corrected chi connectivity index (χ1v) is 8.95. The van der Waals surface area contributed by atoms with E-state index in [0.717, 1.165) is 22.2 Å². The molecule has 0 atom stereocenters. The normalized spacial score (nSPS) is 10.7. The van der Waals surface area contributed by atoms with Gasteiger partial charge in [-0.15, -0.1) is 0 Å². The van der Waals surface area contributed by atoms with Gasteiger partial charge in [-0.2, -0.15) is 0 Å². The first-order valence-electron chi connectivity index (χ1n) is 8.95. The molecule has 0 spiro atoms. The molecule has 0 saturated carbocycles. The van der Waals surface area contributed by atoms with E-state index in [9.17, 15) is 9.59 Å². The van der Waals surface area contributed by atoms with Crippen molar-refractivity contribution in [3.05, 3.63) is 90.5 Å². The highest BCUT2D eigenvalue weighted by atomic mass is 16.2. The molecule has 3 N–H and O–H groups in total. The molecule has 0 fully saturated rings. The van der Waals surface area contributed by atoms with Crippen molar-refractivity contribution in [1.29, 1.82) is 0 Å². The molecular formula is C23H19N3O2. The number of benzene rings is 3. The number of carbonyl (C=O) groups is 2. The van der Waals surface area contributed by atoms with Gasteiger partial charge in [0.25, 0.3) is 0 Å². The molecule has 138 valence electrons. The zero-order chi connectivity index (χ0) is 19.5. The lowest BCUT2D eigenvalue weighted by atomic mass is 10.1. The summed E-state index contributed by atoms with van der Waals surface area (Å²) < 4.78 is 2.01. The van der Waals surface area contributed by atoms with Gasteiger partial charge in [-0.25, -0.2) is 0 Å². The van der Waals surface area contributed by atoms with E-state index in [1.807, 2.05) is 59.2 Å². The van der Waals surface area contributed by atoms with Gasteiger partial charge in [0.15, 0.2) is 0 Å². The summed E-state index contributed by atoms with van der Waals surface area (Å²) in [5.41, 5.74) is 9.31. The number of nitrogens with one attached hydrogen (secondary N) is 1. The van der Waals surface area contributed by atoms with Crippen molar-refractivity contribution in [2.24, 2.45) is 5.73 Å². The number of para-hydroxylation sites is 1. The molecular weight excluding hydrogens is 350 g/mol. The molecule has 0 aliphatic carbocycles. The van der Waals surface area contributed by atoms with E-state index in [0.29, 0.717) is 11.3 Å². The number of carbonyl (C=O) groups excluding carboxylic acids is 2. The Bertz CT molecular complexity index is 1150. The fraction of sp³-hybridized carbons (Fsp3) is 0.0435. The number of nitrogens with zero attached hydrogens (tertiary/aromatic N) is 1. The predicted octanol–water partition coefficient (Wildman–Crippen LogP) is 4.05. The van der Waals surface area contributed by atoms with Crippen LogP contribution in [0.4, 0.5) is 5.69 Å². The average Bonchev–Trinajstić information content (AvgIpc) is 3.07. The van der Waals surface area contributed by atoms with Gasteiger partial charge in [-0.1, -0.05) is 48.5 Å². The van der Waals surface area contributed by atoms with E-state index in [4.69, 9.17) is 5.73 Å². The van der Waals surface area contributed by atoms with E-state index < -0.39 is 5.91 Å². The largest absolute Gasteiger partial charge is 0.366 e. The lowest BCUT2D eigenvalue weighted by molar-refractivity contribution is -0.116. The first kappa shape index (κ1) is 17.5. The molecule has 0 radical (unpaired) electrons. The van der Waals surface area contributed by atoms with Crippen LogP contribution in [0.25, 0.3) is 22.2 Å². The van der Waals surface area contributed by atoms with Crippen molar-refractivity contribution >= 4 is 28.4 Å². The summed E-state index contributed by atoms with van der Waals surface area (Å²) in [6.07, 6.45) is 0. The van der Waals surface area contributed by atoms with Crippen LogP contribution in [0, 0.1) is 0 Å². The van der Waals surface area contributed by atoms with Gasteiger partial charge in [-0.3, -0.25) is 9.59 Å². The molecule has 0 aliphatic rings. The Balaban J connectivity index is 1.63. The topological polar surface area (TPSA) is 77.1 Å². The third kappa shape index (κ3) is 3.50. The Labute approximate surface area is 162 Å². The molecule has 0 saturated heterocycles. The smallest absolute Gasteiger partial charge is 0.248 e. The zero-order valence-corrected chi connectivity index (χ0v) is 15.1. The molecule has 0 bridgehead atoms. The maximum absolute atomic E-state index is 12.7. The van der Waals surface area contributed by atoms with Crippen molar-refractivity contribution in [3.8, 4) is 11.3 Å². The van der Waals surface area contributed by atoms with Gasteiger partial charge in [0, 0.05) is 27.8 Å². The van der Waals surface area contributed by atoms with E-state index in [-0.39, 0.29) is 12.5 Å². The highest BCUT2D eigenvalue weighted by molar-refractivity contribution is 5.96. The number of anilines is 1. The van der Waals surface area contributed by atoms with Crippen LogP contribution in [-0.2, 0) is 11.3 Å². The third-order valence-corrected chi connectivity index (χ3v) is 4.64. The van der Waals surface area contributed by atoms with Gasteiger partial charge in [0.05, 0.1) is 0 Å². The molecule has 4 aromatic rings. The summed E-state index contributed by atoms with van der Waals surface area (Å²) in [6.45, 7) is 0.176. The summed E-state index contributed by atoms with van der Waals surface area (Å²) in [7, 11) is 0. The van der Waals surface area contributed by atoms with Crippen LogP contribution in [0.5, 0.6) is 0 Å². The molecule has 3 aromatic carbocycles. The maximum atomic E-state index is 12.7. The minimum Gasteiger partial charge on any atom is -0.366 e. The number of rotatable bonds is 5. The van der Waals surface area contributed by atoms with E-state index in [1.165, 1.54) is 0 Å². The van der Waals surface area contributed by atoms with Crippen LogP contribution in [0.2, 0.25) is 0 Å². The van der Waals surface area contributed by atoms with Crippen LogP contribution < -0.4 is 11.1 Å². The fourth-order valence-electron chi connectivity index (χ4n) is 3.29. The second kappa shape index (κ2) is 7.40. The highest BCUT2D eigenvalue weighted by Crippen LogP contribution is 2.28. The second-order valence-corrected chi connectivity index (χ2v) is 6.53. The monoisotopic (exact) mass is 369 g/mol. The number of hydrogen-bond donors (Lipinski definition) is 2. The number of fused-ring (bicyclic) bond motifs is 1. The highest BCUT2D eigenvalue weighted by Gasteiger charge is 2.13. The van der Waals surface area contributed by atoms with Crippen LogP contribution in [0.1, 0.15) is 10.4 Å². The van der Waals surface area contributed by atoms with Gasteiger partial charge in [0.2, 0.25) is 11.8 Å². The molecule has 0 unspecified atom stereocenters. The number of aromatic nitrogens is 1. The van der Waals surface area contributed by atoms with Crippen molar-refractivity contribution < 1.29 is 9.59 Å². The minimum absolute atomic E-state index is 0.148. The molecule has 0 aliphatic heterocycles. The molecule has 5 nitrogen and oxygen atoms in total. The van der Waals surface area contributed by atoms with E-state index >= 15 is 0 Å². The van der Waals surface area contributed by atoms with Crippen molar-refractivity contribution in [1.82, 2.24) is 4.57 Å². The third-order valence-electron chi connectivity index (χ3n) is 4.64. The Hall–Kier alpha value is -3.86. The number of hydrogen-bond acceptors (Lipinski definition) is 2. The average molecular weight is 369 g/mol. The van der Waals surface area contributed by atoms with Gasteiger partial charge < -0.3 is 15.6 Å². The summed E-state index contributed by atoms with van der Waals surface area (Å²) >= 11 is 0. The Morgan fingerprint density at radius 3 is 2.25 bits per heavy atom. The van der Waals surface area contributed by atoms with Gasteiger partial charge in [-0.05, 0) is 42.0 Å². The molecule has 5 heteroatoms. The van der Waals surface area contributed by atoms with Crippen LogP contribution >= 0.6 is 0 Å². The summed E-state index contributed by atoms with van der Waals surface area (Å²) in [6, 6.07) is 26.6. The van der Waals surface area contributed by atoms with Crippen LogP contribution in [0.3, 0.4) is 0 Å².